The molecule has 1 N–H and O–H groups in total. The van der Waals surface area contributed by atoms with Crippen molar-refractivity contribution in [2.75, 3.05) is 13.2 Å². The van der Waals surface area contributed by atoms with Gasteiger partial charge in [0, 0.05) is 12.6 Å². The number of rotatable bonds is 6. The van der Waals surface area contributed by atoms with Gasteiger partial charge < -0.3 is 10.1 Å². The predicted molar refractivity (Wildman–Crippen MR) is 97.0 cm³/mol. The number of imide groups is 1. The third kappa shape index (κ3) is 4.72. The van der Waals surface area contributed by atoms with Crippen LogP contribution in [0.2, 0.25) is 0 Å². The number of nitrogens with zero attached hydrogens (tertiary/aromatic N) is 1. The highest BCUT2D eigenvalue weighted by Gasteiger charge is 2.35. The van der Waals surface area contributed by atoms with Crippen molar-refractivity contribution >= 4 is 23.7 Å². The fourth-order valence-corrected chi connectivity index (χ4v) is 3.56. The summed E-state index contributed by atoms with van der Waals surface area (Å²) in [5, 5.41) is 2.90. The number of hydrogen-bond donors (Lipinski definition) is 1. The lowest BCUT2D eigenvalue weighted by Gasteiger charge is -2.16. The topological polar surface area (TPSA) is 92.8 Å². The van der Waals surface area contributed by atoms with Gasteiger partial charge in [-0.05, 0) is 25.0 Å². The van der Waals surface area contributed by atoms with Gasteiger partial charge in [-0.15, -0.1) is 0 Å². The Bertz CT molecular complexity index is 703. The summed E-state index contributed by atoms with van der Waals surface area (Å²) >= 11 is 0. The maximum atomic E-state index is 12.2. The maximum Gasteiger partial charge on any atom is 0.308 e. The number of nitrogens with one attached hydrogen (secondary N) is 1. The Morgan fingerprint density at radius 2 is 1.59 bits per heavy atom. The van der Waals surface area contributed by atoms with Crippen LogP contribution in [0.5, 0.6) is 0 Å². The van der Waals surface area contributed by atoms with Crippen molar-refractivity contribution in [3.8, 4) is 0 Å². The summed E-state index contributed by atoms with van der Waals surface area (Å²) in [6.07, 6.45) is 6.37. The average Bonchev–Trinajstić information content (AvgIpc) is 2.84. The smallest absolute Gasteiger partial charge is 0.308 e. The standard InChI is InChI=1S/C20H24N2O5/c23-17(21-14-7-3-1-2-4-8-14)13-27-18(24)11-12-22-19(25)15-9-5-6-10-16(15)20(22)26/h5-6,9-10,14H,1-4,7-8,11-13H2,(H,21,23). The summed E-state index contributed by atoms with van der Waals surface area (Å²) in [7, 11) is 0. The van der Waals surface area contributed by atoms with Crippen LogP contribution in [0.3, 0.4) is 0 Å². The Morgan fingerprint density at radius 1 is 1.00 bits per heavy atom. The molecule has 1 aromatic carbocycles. The summed E-state index contributed by atoms with van der Waals surface area (Å²) in [5.41, 5.74) is 0.692. The molecule has 3 rings (SSSR count). The van der Waals surface area contributed by atoms with Gasteiger partial charge in [0.2, 0.25) is 0 Å². The van der Waals surface area contributed by atoms with Crippen molar-refractivity contribution in [1.29, 1.82) is 0 Å². The average molecular weight is 372 g/mol. The molecule has 0 aromatic heterocycles. The number of amides is 3. The fourth-order valence-electron chi connectivity index (χ4n) is 3.56. The molecule has 0 radical (unpaired) electrons. The molecular formula is C20H24N2O5. The fraction of sp³-hybridized carbons (Fsp3) is 0.500. The van der Waals surface area contributed by atoms with Crippen molar-refractivity contribution in [2.45, 2.75) is 51.0 Å². The quantitative estimate of drug-likeness (QED) is 0.469. The van der Waals surface area contributed by atoms with Gasteiger partial charge in [0.15, 0.2) is 6.61 Å². The number of hydrogen-bond acceptors (Lipinski definition) is 5. The van der Waals surface area contributed by atoms with Crippen LogP contribution < -0.4 is 5.32 Å². The zero-order valence-electron chi connectivity index (χ0n) is 15.2. The van der Waals surface area contributed by atoms with Crippen LogP contribution in [0.15, 0.2) is 24.3 Å². The second-order valence-corrected chi connectivity index (χ2v) is 6.97. The van der Waals surface area contributed by atoms with E-state index in [1.807, 2.05) is 0 Å². The van der Waals surface area contributed by atoms with Crippen molar-refractivity contribution in [3.63, 3.8) is 0 Å². The zero-order chi connectivity index (χ0) is 19.2. The van der Waals surface area contributed by atoms with Crippen LogP contribution in [0.4, 0.5) is 0 Å². The van der Waals surface area contributed by atoms with E-state index in [0.717, 1.165) is 30.6 Å². The number of carbonyl (C=O) groups is 4. The molecule has 1 fully saturated rings. The molecule has 7 heteroatoms. The van der Waals surface area contributed by atoms with Crippen LogP contribution in [-0.4, -0.2) is 47.8 Å². The van der Waals surface area contributed by atoms with E-state index in [1.165, 1.54) is 12.8 Å². The van der Waals surface area contributed by atoms with Gasteiger partial charge in [0.1, 0.15) is 0 Å². The molecule has 144 valence electrons. The molecule has 1 aromatic rings. The number of carbonyl (C=O) groups excluding carboxylic acids is 4. The number of ether oxygens (including phenoxy) is 1. The zero-order valence-corrected chi connectivity index (χ0v) is 15.2. The molecule has 0 unspecified atom stereocenters. The van der Waals surface area contributed by atoms with Gasteiger partial charge >= 0.3 is 5.97 Å². The molecule has 0 atom stereocenters. The molecule has 7 nitrogen and oxygen atoms in total. The van der Waals surface area contributed by atoms with Gasteiger partial charge in [-0.25, -0.2) is 0 Å². The van der Waals surface area contributed by atoms with Crippen LogP contribution in [-0.2, 0) is 14.3 Å². The minimum absolute atomic E-state index is 0.0601. The van der Waals surface area contributed by atoms with E-state index in [9.17, 15) is 19.2 Å². The molecule has 0 bridgehead atoms. The molecule has 1 aliphatic heterocycles. The highest BCUT2D eigenvalue weighted by Crippen LogP contribution is 2.22. The number of fused-ring (bicyclic) bond motifs is 1. The van der Waals surface area contributed by atoms with Crippen LogP contribution in [0, 0.1) is 0 Å². The Hall–Kier alpha value is -2.70. The highest BCUT2D eigenvalue weighted by molar-refractivity contribution is 6.21. The largest absolute Gasteiger partial charge is 0.456 e. The first-order chi connectivity index (χ1) is 13.1. The lowest BCUT2D eigenvalue weighted by molar-refractivity contribution is -0.148. The van der Waals surface area contributed by atoms with Gasteiger partial charge in [0.05, 0.1) is 17.5 Å². The van der Waals surface area contributed by atoms with E-state index in [4.69, 9.17) is 4.74 Å². The molecule has 1 aliphatic carbocycles. The summed E-state index contributed by atoms with van der Waals surface area (Å²) in [6.45, 7) is -0.396. The number of esters is 1. The SMILES string of the molecule is O=C(COC(=O)CCN1C(=O)c2ccccc2C1=O)NC1CCCCCC1. The van der Waals surface area contributed by atoms with Crippen molar-refractivity contribution in [3.05, 3.63) is 35.4 Å². The third-order valence-corrected chi connectivity index (χ3v) is 5.00. The third-order valence-electron chi connectivity index (χ3n) is 5.00. The minimum atomic E-state index is -0.609. The van der Waals surface area contributed by atoms with E-state index >= 15 is 0 Å². The first-order valence-electron chi connectivity index (χ1n) is 9.46. The monoisotopic (exact) mass is 372 g/mol. The summed E-state index contributed by atoms with van der Waals surface area (Å²) in [6, 6.07) is 6.71. The van der Waals surface area contributed by atoms with Gasteiger partial charge in [-0.2, -0.15) is 0 Å². The van der Waals surface area contributed by atoms with Crippen LogP contribution in [0.25, 0.3) is 0 Å². The van der Waals surface area contributed by atoms with E-state index in [2.05, 4.69) is 5.32 Å². The second-order valence-electron chi connectivity index (χ2n) is 6.97. The number of benzene rings is 1. The molecule has 3 amide bonds. The Kier molecular flexibility index (Phi) is 6.21. The Labute approximate surface area is 158 Å². The highest BCUT2D eigenvalue weighted by atomic mass is 16.5. The molecule has 27 heavy (non-hydrogen) atoms. The van der Waals surface area contributed by atoms with Gasteiger partial charge in [-0.3, -0.25) is 24.1 Å². The molecule has 1 heterocycles. The first-order valence-corrected chi connectivity index (χ1v) is 9.46. The molecule has 0 spiro atoms. The minimum Gasteiger partial charge on any atom is -0.456 e. The van der Waals surface area contributed by atoms with E-state index < -0.39 is 17.8 Å². The predicted octanol–water partition coefficient (Wildman–Crippen LogP) is 2.05. The van der Waals surface area contributed by atoms with E-state index in [0.29, 0.717) is 11.1 Å². The lowest BCUT2D eigenvalue weighted by Crippen LogP contribution is -2.37. The van der Waals surface area contributed by atoms with E-state index in [-0.39, 0.29) is 31.5 Å². The molecule has 2 aliphatic rings. The lowest BCUT2D eigenvalue weighted by atomic mass is 10.1. The summed E-state index contributed by atoms with van der Waals surface area (Å²) in [5.74, 6) is -1.73. The Balaban J connectivity index is 1.40. The molecular weight excluding hydrogens is 348 g/mol. The van der Waals surface area contributed by atoms with Crippen LogP contribution >= 0.6 is 0 Å². The van der Waals surface area contributed by atoms with Crippen molar-refractivity contribution in [1.82, 2.24) is 10.2 Å². The first kappa shape index (κ1) is 19.1. The summed E-state index contributed by atoms with van der Waals surface area (Å²) < 4.78 is 4.98. The Morgan fingerprint density at radius 3 is 2.19 bits per heavy atom. The van der Waals surface area contributed by atoms with Gasteiger partial charge in [-0.1, -0.05) is 37.8 Å². The summed E-state index contributed by atoms with van der Waals surface area (Å²) in [4.78, 5) is 49.3. The normalized spacial score (nSPS) is 17.4. The second kappa shape index (κ2) is 8.79. The van der Waals surface area contributed by atoms with Crippen molar-refractivity contribution in [2.24, 2.45) is 0 Å². The van der Waals surface area contributed by atoms with Crippen LogP contribution in [0.1, 0.15) is 65.7 Å². The van der Waals surface area contributed by atoms with Gasteiger partial charge in [0.25, 0.3) is 17.7 Å². The molecule has 0 saturated heterocycles. The molecule has 1 saturated carbocycles. The maximum absolute atomic E-state index is 12.2. The van der Waals surface area contributed by atoms with E-state index in [1.54, 1.807) is 24.3 Å². The van der Waals surface area contributed by atoms with Crippen molar-refractivity contribution < 1.29 is 23.9 Å².